The first kappa shape index (κ1) is 15.8. The lowest BCUT2D eigenvalue weighted by Gasteiger charge is -2.32. The summed E-state index contributed by atoms with van der Waals surface area (Å²) in [5.41, 5.74) is 5.55. The predicted octanol–water partition coefficient (Wildman–Crippen LogP) is 3.01. The molecule has 0 aromatic heterocycles. The van der Waals surface area contributed by atoms with E-state index in [1.165, 1.54) is 6.07 Å². The number of nitrogens with two attached hydrogens (primary N) is 1. The van der Waals surface area contributed by atoms with Crippen LogP contribution in [0, 0.1) is 5.82 Å². The summed E-state index contributed by atoms with van der Waals surface area (Å²) < 4.78 is 57.8. The van der Waals surface area contributed by atoms with Gasteiger partial charge in [0.25, 0.3) is 0 Å². The topological polar surface area (TPSA) is 44.5 Å². The van der Waals surface area contributed by atoms with Crippen molar-refractivity contribution in [2.45, 2.75) is 31.3 Å². The van der Waals surface area contributed by atoms with E-state index in [9.17, 15) is 17.6 Å². The standard InChI is InChI=1S/C11H11F4NO2.ClH/c12-9-5-7(17-8-3-6(16)4-8)1-2-10(9)18-11(13,14)15;/h1-2,5-6,8H,3-4,16H2;1H. The SMILES string of the molecule is Cl.NC1CC(Oc2ccc(OC(F)(F)F)c(F)c2)C1. The molecule has 0 saturated heterocycles. The molecule has 8 heteroatoms. The maximum atomic E-state index is 13.3. The van der Waals surface area contributed by atoms with Crippen molar-refractivity contribution in [3.8, 4) is 11.5 Å². The molecule has 0 amide bonds. The number of alkyl halides is 3. The highest BCUT2D eigenvalue weighted by atomic mass is 35.5. The lowest BCUT2D eigenvalue weighted by Crippen LogP contribution is -2.43. The molecule has 1 saturated carbocycles. The van der Waals surface area contributed by atoms with E-state index in [2.05, 4.69) is 4.74 Å². The number of rotatable bonds is 3. The van der Waals surface area contributed by atoms with Crippen LogP contribution in [0.5, 0.6) is 11.5 Å². The van der Waals surface area contributed by atoms with Crippen molar-refractivity contribution in [1.29, 1.82) is 0 Å². The minimum atomic E-state index is -4.91. The number of halogens is 5. The largest absolute Gasteiger partial charge is 0.573 e. The summed E-state index contributed by atoms with van der Waals surface area (Å²) in [6, 6.07) is 3.06. The molecular formula is C11H12ClF4NO2. The minimum Gasteiger partial charge on any atom is -0.490 e. The van der Waals surface area contributed by atoms with E-state index in [-0.39, 0.29) is 30.3 Å². The van der Waals surface area contributed by atoms with Crippen LogP contribution in [-0.2, 0) is 0 Å². The molecule has 1 aromatic carbocycles. The predicted molar refractivity (Wildman–Crippen MR) is 62.0 cm³/mol. The Kier molecular flexibility index (Phi) is 4.86. The molecule has 0 aliphatic heterocycles. The second kappa shape index (κ2) is 5.83. The van der Waals surface area contributed by atoms with E-state index in [1.807, 2.05) is 0 Å². The van der Waals surface area contributed by atoms with Gasteiger partial charge in [-0.15, -0.1) is 25.6 Å². The molecule has 0 radical (unpaired) electrons. The van der Waals surface area contributed by atoms with Gasteiger partial charge in [0.15, 0.2) is 11.6 Å². The van der Waals surface area contributed by atoms with Crippen LogP contribution in [0.2, 0.25) is 0 Å². The lowest BCUT2D eigenvalue weighted by molar-refractivity contribution is -0.275. The fourth-order valence-electron chi connectivity index (χ4n) is 1.66. The first-order valence-electron chi connectivity index (χ1n) is 5.31. The van der Waals surface area contributed by atoms with Crippen molar-refractivity contribution in [3.05, 3.63) is 24.0 Å². The zero-order chi connectivity index (χ0) is 13.3. The molecule has 2 N–H and O–H groups in total. The molecule has 1 aliphatic carbocycles. The normalized spacial score (nSPS) is 22.2. The molecule has 19 heavy (non-hydrogen) atoms. The van der Waals surface area contributed by atoms with Crippen molar-refractivity contribution >= 4 is 12.4 Å². The summed E-state index contributed by atoms with van der Waals surface area (Å²) >= 11 is 0. The van der Waals surface area contributed by atoms with E-state index >= 15 is 0 Å². The Morgan fingerprint density at radius 3 is 2.32 bits per heavy atom. The van der Waals surface area contributed by atoms with Crippen LogP contribution in [0.15, 0.2) is 18.2 Å². The summed E-state index contributed by atoms with van der Waals surface area (Å²) in [7, 11) is 0. The first-order chi connectivity index (χ1) is 8.33. The Hall–Kier alpha value is -1.21. The van der Waals surface area contributed by atoms with Gasteiger partial charge in [0.05, 0.1) is 0 Å². The van der Waals surface area contributed by atoms with Crippen molar-refractivity contribution < 1.29 is 27.0 Å². The number of hydrogen-bond donors (Lipinski definition) is 1. The minimum absolute atomic E-state index is 0. The molecule has 0 atom stereocenters. The third-order valence-electron chi connectivity index (χ3n) is 2.56. The van der Waals surface area contributed by atoms with Gasteiger partial charge in [0.1, 0.15) is 11.9 Å². The average molecular weight is 302 g/mol. The van der Waals surface area contributed by atoms with Crippen LogP contribution in [-0.4, -0.2) is 18.5 Å². The van der Waals surface area contributed by atoms with Crippen LogP contribution in [0.1, 0.15) is 12.8 Å². The van der Waals surface area contributed by atoms with Gasteiger partial charge in [-0.25, -0.2) is 4.39 Å². The van der Waals surface area contributed by atoms with Crippen LogP contribution in [0.3, 0.4) is 0 Å². The number of benzene rings is 1. The molecule has 108 valence electrons. The summed E-state index contributed by atoms with van der Waals surface area (Å²) in [4.78, 5) is 0. The molecule has 3 nitrogen and oxygen atoms in total. The van der Waals surface area contributed by atoms with E-state index in [0.717, 1.165) is 12.1 Å². The molecule has 1 aromatic rings. The zero-order valence-electron chi connectivity index (χ0n) is 9.61. The summed E-state index contributed by atoms with van der Waals surface area (Å²) in [5, 5.41) is 0. The molecule has 0 bridgehead atoms. The van der Waals surface area contributed by atoms with Crippen LogP contribution in [0.4, 0.5) is 17.6 Å². The summed E-state index contributed by atoms with van der Waals surface area (Å²) in [6.45, 7) is 0. The van der Waals surface area contributed by atoms with Crippen LogP contribution >= 0.6 is 12.4 Å². The lowest BCUT2D eigenvalue weighted by atomic mass is 9.90. The van der Waals surface area contributed by atoms with Gasteiger partial charge in [-0.1, -0.05) is 0 Å². The van der Waals surface area contributed by atoms with Gasteiger partial charge >= 0.3 is 6.36 Å². The maximum absolute atomic E-state index is 13.3. The van der Waals surface area contributed by atoms with Gasteiger partial charge < -0.3 is 15.2 Å². The summed E-state index contributed by atoms with van der Waals surface area (Å²) in [6.07, 6.45) is -3.71. The molecule has 0 spiro atoms. The van der Waals surface area contributed by atoms with Crippen molar-refractivity contribution in [2.75, 3.05) is 0 Å². The van der Waals surface area contributed by atoms with Crippen molar-refractivity contribution in [2.24, 2.45) is 5.73 Å². The monoisotopic (exact) mass is 301 g/mol. The van der Waals surface area contributed by atoms with Gasteiger partial charge in [0.2, 0.25) is 0 Å². The molecular weight excluding hydrogens is 290 g/mol. The number of ether oxygens (including phenoxy) is 2. The van der Waals surface area contributed by atoms with E-state index < -0.39 is 17.9 Å². The van der Waals surface area contributed by atoms with Crippen LogP contribution in [0.25, 0.3) is 0 Å². The molecule has 1 fully saturated rings. The van der Waals surface area contributed by atoms with E-state index in [0.29, 0.717) is 12.8 Å². The summed E-state index contributed by atoms with van der Waals surface area (Å²) in [5.74, 6) is -1.83. The molecule has 0 heterocycles. The highest BCUT2D eigenvalue weighted by molar-refractivity contribution is 5.85. The smallest absolute Gasteiger partial charge is 0.490 e. The van der Waals surface area contributed by atoms with Crippen molar-refractivity contribution in [1.82, 2.24) is 0 Å². The second-order valence-electron chi connectivity index (χ2n) is 4.11. The van der Waals surface area contributed by atoms with Gasteiger partial charge in [-0.05, 0) is 25.0 Å². The molecule has 0 unspecified atom stereocenters. The fourth-order valence-corrected chi connectivity index (χ4v) is 1.66. The van der Waals surface area contributed by atoms with Gasteiger partial charge in [0, 0.05) is 12.1 Å². The van der Waals surface area contributed by atoms with E-state index in [4.69, 9.17) is 10.5 Å². The Bertz CT molecular complexity index is 435. The quantitative estimate of drug-likeness (QED) is 0.873. The Morgan fingerprint density at radius 1 is 1.21 bits per heavy atom. The van der Waals surface area contributed by atoms with Crippen LogP contribution < -0.4 is 15.2 Å². The third-order valence-corrected chi connectivity index (χ3v) is 2.56. The average Bonchev–Trinajstić information content (AvgIpc) is 2.18. The fraction of sp³-hybridized carbons (Fsp3) is 0.455. The Balaban J connectivity index is 0.00000180. The van der Waals surface area contributed by atoms with Gasteiger partial charge in [-0.2, -0.15) is 0 Å². The molecule has 2 rings (SSSR count). The first-order valence-corrected chi connectivity index (χ1v) is 5.31. The Labute approximate surface area is 113 Å². The Morgan fingerprint density at radius 2 is 1.84 bits per heavy atom. The number of hydrogen-bond acceptors (Lipinski definition) is 3. The highest BCUT2D eigenvalue weighted by Crippen LogP contribution is 2.30. The second-order valence-corrected chi connectivity index (χ2v) is 4.11. The molecule has 1 aliphatic rings. The third kappa shape index (κ3) is 4.43. The zero-order valence-corrected chi connectivity index (χ0v) is 10.4. The highest BCUT2D eigenvalue weighted by Gasteiger charge is 2.32. The van der Waals surface area contributed by atoms with Crippen molar-refractivity contribution in [3.63, 3.8) is 0 Å². The van der Waals surface area contributed by atoms with Gasteiger partial charge in [-0.3, -0.25) is 0 Å². The maximum Gasteiger partial charge on any atom is 0.573 e. The van der Waals surface area contributed by atoms with E-state index in [1.54, 1.807) is 0 Å².